The van der Waals surface area contributed by atoms with E-state index in [4.69, 9.17) is 4.74 Å². The molecule has 0 saturated carbocycles. The van der Waals surface area contributed by atoms with Crippen molar-refractivity contribution in [2.75, 3.05) is 0 Å². The monoisotopic (exact) mass is 889 g/mol. The van der Waals surface area contributed by atoms with E-state index in [1.807, 2.05) is 22.6 Å². The molecule has 0 aliphatic carbocycles. The number of ether oxygens (including phenoxy) is 1. The SMILES string of the molecule is O=C(Oc1c(I)cc(I)c(S(=O)(=O)O)c1I)c1c(Br)cc(Br)cc1Br. The molecule has 134 valence electrons. The van der Waals surface area contributed by atoms with Crippen molar-refractivity contribution < 1.29 is 22.5 Å². The molecular formula is C13H4Br3I3O5S. The van der Waals surface area contributed by atoms with E-state index in [2.05, 4.69) is 47.8 Å². The van der Waals surface area contributed by atoms with Gasteiger partial charge in [0.2, 0.25) is 0 Å². The van der Waals surface area contributed by atoms with Crippen molar-refractivity contribution in [3.63, 3.8) is 0 Å². The Labute approximate surface area is 209 Å². The molecule has 0 spiro atoms. The van der Waals surface area contributed by atoms with E-state index < -0.39 is 16.1 Å². The molecule has 0 radical (unpaired) electrons. The number of carbonyl (C=O) groups is 1. The second-order valence-corrected chi connectivity index (χ2v) is 11.8. The summed E-state index contributed by atoms with van der Waals surface area (Å²) in [6, 6.07) is 4.89. The molecule has 25 heavy (non-hydrogen) atoms. The molecule has 0 unspecified atom stereocenters. The van der Waals surface area contributed by atoms with Crippen LogP contribution in [0.3, 0.4) is 0 Å². The lowest BCUT2D eigenvalue weighted by Gasteiger charge is -2.14. The first-order chi connectivity index (χ1) is 11.4. The van der Waals surface area contributed by atoms with Crippen LogP contribution in [-0.2, 0) is 10.1 Å². The van der Waals surface area contributed by atoms with Gasteiger partial charge in [0, 0.05) is 17.0 Å². The first kappa shape index (κ1) is 22.7. The van der Waals surface area contributed by atoms with Crippen LogP contribution >= 0.6 is 116 Å². The first-order valence-corrected chi connectivity index (χ1v) is 13.0. The largest absolute Gasteiger partial charge is 0.421 e. The molecule has 0 fully saturated rings. The van der Waals surface area contributed by atoms with Crippen LogP contribution in [0.25, 0.3) is 0 Å². The molecule has 5 nitrogen and oxygen atoms in total. The van der Waals surface area contributed by atoms with Crippen LogP contribution in [-0.4, -0.2) is 18.9 Å². The summed E-state index contributed by atoms with van der Waals surface area (Å²) in [7, 11) is -4.46. The zero-order valence-corrected chi connectivity index (χ0v) is 23.5. The second kappa shape index (κ2) is 8.86. The van der Waals surface area contributed by atoms with Gasteiger partial charge in [-0.3, -0.25) is 4.55 Å². The highest BCUT2D eigenvalue weighted by Crippen LogP contribution is 2.37. The van der Waals surface area contributed by atoms with E-state index in [1.54, 1.807) is 57.3 Å². The second-order valence-electron chi connectivity index (χ2n) is 4.42. The van der Waals surface area contributed by atoms with Crippen molar-refractivity contribution in [3.8, 4) is 5.75 Å². The van der Waals surface area contributed by atoms with Crippen LogP contribution < -0.4 is 4.74 Å². The van der Waals surface area contributed by atoms with Crippen molar-refractivity contribution >= 4 is 132 Å². The lowest BCUT2D eigenvalue weighted by Crippen LogP contribution is -2.14. The first-order valence-electron chi connectivity index (χ1n) is 5.95. The van der Waals surface area contributed by atoms with Crippen LogP contribution in [0.15, 0.2) is 36.5 Å². The number of halogens is 6. The summed E-state index contributed by atoms with van der Waals surface area (Å²) in [6.07, 6.45) is 0. The fourth-order valence-electron chi connectivity index (χ4n) is 1.77. The van der Waals surface area contributed by atoms with Crippen LogP contribution in [0.1, 0.15) is 10.4 Å². The molecule has 0 heterocycles. The summed E-state index contributed by atoms with van der Waals surface area (Å²) in [6.45, 7) is 0. The maximum absolute atomic E-state index is 12.6. The van der Waals surface area contributed by atoms with Crippen molar-refractivity contribution in [2.45, 2.75) is 4.90 Å². The Morgan fingerprint density at radius 1 is 1.00 bits per heavy atom. The van der Waals surface area contributed by atoms with Gasteiger partial charge in [-0.15, -0.1) is 0 Å². The average Bonchev–Trinajstić information content (AvgIpc) is 2.40. The number of rotatable bonds is 3. The van der Waals surface area contributed by atoms with Gasteiger partial charge in [-0.25, -0.2) is 4.79 Å². The molecule has 0 aliphatic heterocycles. The molecule has 2 aromatic carbocycles. The van der Waals surface area contributed by atoms with Gasteiger partial charge in [0.25, 0.3) is 10.1 Å². The lowest BCUT2D eigenvalue weighted by atomic mass is 10.2. The molecule has 0 aliphatic rings. The molecule has 2 aromatic rings. The summed E-state index contributed by atoms with van der Waals surface area (Å²) in [5.41, 5.74) is 0.252. The minimum Gasteiger partial charge on any atom is -0.421 e. The Morgan fingerprint density at radius 2 is 1.52 bits per heavy atom. The number of esters is 1. The highest BCUT2D eigenvalue weighted by atomic mass is 127. The van der Waals surface area contributed by atoms with Gasteiger partial charge in [-0.1, -0.05) is 15.9 Å². The van der Waals surface area contributed by atoms with Gasteiger partial charge in [-0.05, 0) is 118 Å². The Bertz CT molecular complexity index is 972. The minimum atomic E-state index is -4.46. The summed E-state index contributed by atoms with van der Waals surface area (Å²) >= 11 is 15.4. The van der Waals surface area contributed by atoms with Crippen molar-refractivity contribution in [1.29, 1.82) is 0 Å². The number of carbonyl (C=O) groups excluding carboxylic acids is 1. The topological polar surface area (TPSA) is 80.7 Å². The van der Waals surface area contributed by atoms with Gasteiger partial charge >= 0.3 is 5.97 Å². The zero-order chi connectivity index (χ0) is 19.1. The minimum absolute atomic E-state index is 0.0703. The van der Waals surface area contributed by atoms with Gasteiger partial charge in [0.15, 0.2) is 5.75 Å². The zero-order valence-electron chi connectivity index (χ0n) is 11.5. The fraction of sp³-hybridized carbons (Fsp3) is 0. The highest BCUT2D eigenvalue weighted by Gasteiger charge is 2.27. The van der Waals surface area contributed by atoms with Crippen molar-refractivity contribution in [1.82, 2.24) is 0 Å². The summed E-state index contributed by atoms with van der Waals surface area (Å²) in [5.74, 6) is -0.606. The van der Waals surface area contributed by atoms with Gasteiger partial charge in [0.05, 0.1) is 12.7 Å². The third kappa shape index (κ3) is 5.29. The lowest BCUT2D eigenvalue weighted by molar-refractivity contribution is 0.0729. The van der Waals surface area contributed by atoms with Crippen molar-refractivity contribution in [3.05, 3.63) is 47.9 Å². The standard InChI is InChI=1S/C13H4Br3I3O5S/c14-4-1-5(15)9(6(16)2-4)13(20)24-11-7(17)3-8(18)12(10(11)19)25(21,22)23/h1-3H,(H,21,22,23). The molecule has 12 heteroatoms. The maximum atomic E-state index is 12.6. The van der Waals surface area contributed by atoms with E-state index in [0.29, 0.717) is 16.1 Å². The van der Waals surface area contributed by atoms with E-state index >= 15 is 0 Å². The van der Waals surface area contributed by atoms with E-state index in [-0.39, 0.29) is 19.8 Å². The molecule has 0 bridgehead atoms. The summed E-state index contributed by atoms with van der Waals surface area (Å²) in [4.78, 5) is 12.3. The molecule has 1 N–H and O–H groups in total. The summed E-state index contributed by atoms with van der Waals surface area (Å²) in [5, 5.41) is 0. The third-order valence-electron chi connectivity index (χ3n) is 2.75. The Kier molecular flexibility index (Phi) is 8.05. The maximum Gasteiger partial charge on any atom is 0.345 e. The van der Waals surface area contributed by atoms with Crippen LogP contribution in [0, 0.1) is 10.7 Å². The number of benzene rings is 2. The van der Waals surface area contributed by atoms with Crippen LogP contribution in [0.4, 0.5) is 0 Å². The Balaban J connectivity index is 2.57. The third-order valence-corrected chi connectivity index (χ3v) is 8.81. The van der Waals surface area contributed by atoms with E-state index in [0.717, 1.165) is 4.47 Å². The quantitative estimate of drug-likeness (QED) is 0.171. The molecule has 2 rings (SSSR count). The summed E-state index contributed by atoms with van der Waals surface area (Å²) < 4.78 is 40.9. The fourth-order valence-corrected chi connectivity index (χ4v) is 10.2. The van der Waals surface area contributed by atoms with Crippen LogP contribution in [0.2, 0.25) is 0 Å². The number of hydrogen-bond donors (Lipinski definition) is 1. The Morgan fingerprint density at radius 3 is 2.00 bits per heavy atom. The van der Waals surface area contributed by atoms with Gasteiger partial charge in [0.1, 0.15) is 4.90 Å². The van der Waals surface area contributed by atoms with E-state index in [1.165, 1.54) is 6.07 Å². The van der Waals surface area contributed by atoms with Gasteiger partial charge in [-0.2, -0.15) is 8.42 Å². The number of hydrogen-bond acceptors (Lipinski definition) is 4. The highest BCUT2D eigenvalue weighted by molar-refractivity contribution is 14.1. The predicted octanol–water partition coefficient (Wildman–Crippen LogP) is 6.25. The van der Waals surface area contributed by atoms with E-state index in [9.17, 15) is 17.8 Å². The normalized spacial score (nSPS) is 11.5. The smallest absolute Gasteiger partial charge is 0.345 e. The van der Waals surface area contributed by atoms with Crippen molar-refractivity contribution in [2.24, 2.45) is 0 Å². The average molecular weight is 893 g/mol. The van der Waals surface area contributed by atoms with Crippen LogP contribution in [0.5, 0.6) is 5.75 Å². The molecule has 0 amide bonds. The predicted molar refractivity (Wildman–Crippen MR) is 129 cm³/mol. The Hall–Kier alpha value is 1.45. The molecule has 0 saturated heterocycles. The molecular weight excluding hydrogens is 889 g/mol. The molecule has 0 atom stereocenters. The molecule has 0 aromatic heterocycles. The van der Waals surface area contributed by atoms with Gasteiger partial charge < -0.3 is 4.74 Å².